The molecule has 0 saturated carbocycles. The van der Waals surface area contributed by atoms with Gasteiger partial charge in [-0.05, 0) is 31.9 Å². The lowest BCUT2D eigenvalue weighted by Crippen LogP contribution is -2.55. The fourth-order valence-corrected chi connectivity index (χ4v) is 2.74. The molecule has 2 amide bonds. The molecule has 0 radical (unpaired) electrons. The van der Waals surface area contributed by atoms with Gasteiger partial charge in [0.15, 0.2) is 0 Å². The standard InChI is InChI=1S/C16H22N2O3/c1-12-6-4-5-7-13(12)18-14(19)8-9-16(18,2)15(20)17-10-11-21-3/h4-7H,8-11H2,1-3H3,(H,17,20). The first-order chi connectivity index (χ1) is 10.0. The zero-order valence-corrected chi connectivity index (χ0v) is 12.8. The van der Waals surface area contributed by atoms with Gasteiger partial charge in [0, 0.05) is 25.8 Å². The van der Waals surface area contributed by atoms with Crippen molar-refractivity contribution in [1.29, 1.82) is 0 Å². The highest BCUT2D eigenvalue weighted by atomic mass is 16.5. The minimum atomic E-state index is -0.836. The van der Waals surface area contributed by atoms with E-state index >= 15 is 0 Å². The summed E-state index contributed by atoms with van der Waals surface area (Å²) >= 11 is 0. The minimum absolute atomic E-state index is 0.00584. The fourth-order valence-electron chi connectivity index (χ4n) is 2.74. The summed E-state index contributed by atoms with van der Waals surface area (Å²) in [5.41, 5.74) is 0.963. The summed E-state index contributed by atoms with van der Waals surface area (Å²) < 4.78 is 4.94. The summed E-state index contributed by atoms with van der Waals surface area (Å²) in [6.45, 7) is 4.68. The van der Waals surface area contributed by atoms with Crippen LogP contribution in [0.15, 0.2) is 24.3 Å². The molecule has 0 aliphatic carbocycles. The molecule has 1 aromatic rings. The Morgan fingerprint density at radius 2 is 2.14 bits per heavy atom. The van der Waals surface area contributed by atoms with E-state index < -0.39 is 5.54 Å². The molecule has 0 bridgehead atoms. The Labute approximate surface area is 125 Å². The van der Waals surface area contributed by atoms with Gasteiger partial charge in [-0.25, -0.2) is 0 Å². The molecule has 1 aliphatic heterocycles. The fraction of sp³-hybridized carbons (Fsp3) is 0.500. The predicted molar refractivity (Wildman–Crippen MR) is 81.2 cm³/mol. The number of hydrogen-bond acceptors (Lipinski definition) is 3. The summed E-state index contributed by atoms with van der Waals surface area (Å²) in [5, 5.41) is 2.85. The number of amides is 2. The van der Waals surface area contributed by atoms with Crippen molar-refractivity contribution >= 4 is 17.5 Å². The number of nitrogens with zero attached hydrogens (tertiary/aromatic N) is 1. The van der Waals surface area contributed by atoms with Crippen LogP contribution < -0.4 is 10.2 Å². The third-order valence-electron chi connectivity index (χ3n) is 4.01. The van der Waals surface area contributed by atoms with Crippen LogP contribution in [0.1, 0.15) is 25.3 Å². The predicted octanol–water partition coefficient (Wildman–Crippen LogP) is 1.64. The quantitative estimate of drug-likeness (QED) is 0.839. The molecule has 1 aliphatic rings. The molecule has 5 nitrogen and oxygen atoms in total. The second-order valence-electron chi connectivity index (χ2n) is 5.54. The molecule has 1 fully saturated rings. The smallest absolute Gasteiger partial charge is 0.246 e. The highest BCUT2D eigenvalue weighted by Gasteiger charge is 2.48. The first kappa shape index (κ1) is 15.5. The largest absolute Gasteiger partial charge is 0.383 e. The lowest BCUT2D eigenvalue weighted by atomic mass is 9.96. The van der Waals surface area contributed by atoms with Crippen molar-refractivity contribution in [3.8, 4) is 0 Å². The topological polar surface area (TPSA) is 58.6 Å². The number of para-hydroxylation sites is 1. The number of rotatable bonds is 5. The normalized spacial score (nSPS) is 21.7. The number of carbonyl (C=O) groups is 2. The number of aryl methyl sites for hydroxylation is 1. The molecule has 21 heavy (non-hydrogen) atoms. The van der Waals surface area contributed by atoms with E-state index in [0.29, 0.717) is 26.0 Å². The zero-order chi connectivity index (χ0) is 15.5. The second-order valence-corrected chi connectivity index (χ2v) is 5.54. The molecule has 1 heterocycles. The molecule has 2 rings (SSSR count). The average molecular weight is 290 g/mol. The lowest BCUT2D eigenvalue weighted by Gasteiger charge is -2.34. The van der Waals surface area contributed by atoms with Gasteiger partial charge in [-0.1, -0.05) is 18.2 Å². The van der Waals surface area contributed by atoms with Gasteiger partial charge in [-0.2, -0.15) is 0 Å². The van der Waals surface area contributed by atoms with E-state index in [4.69, 9.17) is 4.74 Å². The van der Waals surface area contributed by atoms with E-state index in [1.165, 1.54) is 0 Å². The molecule has 1 N–H and O–H groups in total. The summed E-state index contributed by atoms with van der Waals surface area (Å²) in [7, 11) is 1.59. The molecule has 0 spiro atoms. The number of hydrogen-bond donors (Lipinski definition) is 1. The van der Waals surface area contributed by atoms with Crippen LogP contribution in [-0.4, -0.2) is 37.6 Å². The average Bonchev–Trinajstić information content (AvgIpc) is 2.77. The summed E-state index contributed by atoms with van der Waals surface area (Å²) in [4.78, 5) is 26.5. The van der Waals surface area contributed by atoms with Crippen molar-refractivity contribution in [1.82, 2.24) is 5.32 Å². The van der Waals surface area contributed by atoms with Gasteiger partial charge < -0.3 is 10.1 Å². The Morgan fingerprint density at radius 1 is 1.43 bits per heavy atom. The van der Waals surface area contributed by atoms with Gasteiger partial charge in [0.25, 0.3) is 0 Å². The van der Waals surface area contributed by atoms with Crippen LogP contribution in [0.3, 0.4) is 0 Å². The van der Waals surface area contributed by atoms with Crippen molar-refractivity contribution < 1.29 is 14.3 Å². The van der Waals surface area contributed by atoms with Crippen molar-refractivity contribution in [2.45, 2.75) is 32.2 Å². The zero-order valence-electron chi connectivity index (χ0n) is 12.8. The Bertz CT molecular complexity index is 544. The highest BCUT2D eigenvalue weighted by molar-refractivity contribution is 6.06. The first-order valence-corrected chi connectivity index (χ1v) is 7.16. The van der Waals surface area contributed by atoms with Crippen LogP contribution >= 0.6 is 0 Å². The van der Waals surface area contributed by atoms with Crippen LogP contribution in [0.5, 0.6) is 0 Å². The van der Waals surface area contributed by atoms with Crippen molar-refractivity contribution in [3.63, 3.8) is 0 Å². The van der Waals surface area contributed by atoms with E-state index in [1.807, 2.05) is 38.1 Å². The number of methoxy groups -OCH3 is 1. The van der Waals surface area contributed by atoms with E-state index in [1.54, 1.807) is 12.0 Å². The lowest BCUT2D eigenvalue weighted by molar-refractivity contribution is -0.127. The summed E-state index contributed by atoms with van der Waals surface area (Å²) in [6.07, 6.45) is 0.918. The molecule has 0 aromatic heterocycles. The maximum absolute atomic E-state index is 12.5. The van der Waals surface area contributed by atoms with Crippen LogP contribution in [0.25, 0.3) is 0 Å². The third kappa shape index (κ3) is 2.93. The van der Waals surface area contributed by atoms with Crippen LogP contribution in [-0.2, 0) is 14.3 Å². The summed E-state index contributed by atoms with van der Waals surface area (Å²) in [6, 6.07) is 7.65. The Morgan fingerprint density at radius 3 is 2.81 bits per heavy atom. The van der Waals surface area contributed by atoms with Gasteiger partial charge in [0.2, 0.25) is 11.8 Å². The number of ether oxygens (including phenoxy) is 1. The van der Waals surface area contributed by atoms with E-state index in [-0.39, 0.29) is 11.8 Å². The van der Waals surface area contributed by atoms with Crippen LogP contribution in [0.2, 0.25) is 0 Å². The van der Waals surface area contributed by atoms with E-state index in [9.17, 15) is 9.59 Å². The van der Waals surface area contributed by atoms with Gasteiger partial charge in [0.05, 0.1) is 6.61 Å². The maximum atomic E-state index is 12.5. The molecule has 1 saturated heterocycles. The van der Waals surface area contributed by atoms with Gasteiger partial charge in [-0.15, -0.1) is 0 Å². The Balaban J connectivity index is 2.27. The molecular weight excluding hydrogens is 268 g/mol. The molecule has 1 unspecified atom stereocenters. The van der Waals surface area contributed by atoms with Gasteiger partial charge in [0.1, 0.15) is 5.54 Å². The number of nitrogens with one attached hydrogen (secondary N) is 1. The monoisotopic (exact) mass is 290 g/mol. The maximum Gasteiger partial charge on any atom is 0.246 e. The van der Waals surface area contributed by atoms with Crippen molar-refractivity contribution in [2.75, 3.05) is 25.2 Å². The van der Waals surface area contributed by atoms with Crippen molar-refractivity contribution in [2.24, 2.45) is 0 Å². The number of carbonyl (C=O) groups excluding carboxylic acids is 2. The SMILES string of the molecule is COCCNC(=O)C1(C)CCC(=O)N1c1ccccc1C. The molecule has 114 valence electrons. The van der Waals surface area contributed by atoms with E-state index in [2.05, 4.69) is 5.32 Å². The highest BCUT2D eigenvalue weighted by Crippen LogP contribution is 2.36. The second kappa shape index (κ2) is 6.26. The molecule has 1 aromatic carbocycles. The van der Waals surface area contributed by atoms with Gasteiger partial charge in [-0.3, -0.25) is 14.5 Å². The minimum Gasteiger partial charge on any atom is -0.383 e. The molecule has 5 heteroatoms. The van der Waals surface area contributed by atoms with E-state index in [0.717, 1.165) is 11.3 Å². The van der Waals surface area contributed by atoms with Crippen LogP contribution in [0, 0.1) is 6.92 Å². The third-order valence-corrected chi connectivity index (χ3v) is 4.01. The Hall–Kier alpha value is -1.88. The van der Waals surface area contributed by atoms with Crippen LogP contribution in [0.4, 0.5) is 5.69 Å². The summed E-state index contributed by atoms with van der Waals surface area (Å²) in [5.74, 6) is -0.137. The molecule has 1 atom stereocenters. The van der Waals surface area contributed by atoms with Crippen molar-refractivity contribution in [3.05, 3.63) is 29.8 Å². The first-order valence-electron chi connectivity index (χ1n) is 7.16. The molecular formula is C16H22N2O3. The van der Waals surface area contributed by atoms with Gasteiger partial charge >= 0.3 is 0 Å². The number of anilines is 1. The number of benzene rings is 1. The Kier molecular flexibility index (Phi) is 4.63.